The van der Waals surface area contributed by atoms with Crippen LogP contribution < -0.4 is 9.47 Å². The quantitative estimate of drug-likeness (QED) is 0.437. The molecule has 0 fully saturated rings. The van der Waals surface area contributed by atoms with E-state index in [2.05, 4.69) is 9.98 Å². The van der Waals surface area contributed by atoms with Crippen LogP contribution >= 0.6 is 11.3 Å². The van der Waals surface area contributed by atoms with Gasteiger partial charge in [0.2, 0.25) is 0 Å². The minimum Gasteiger partial charge on any atom is -0.507 e. The summed E-state index contributed by atoms with van der Waals surface area (Å²) in [6.45, 7) is 5.51. The number of aromatic hydroxyl groups is 1. The molecule has 0 aliphatic heterocycles. The molecular formula is C23H24N2O4S. The van der Waals surface area contributed by atoms with E-state index >= 15 is 0 Å². The molecule has 6 nitrogen and oxygen atoms in total. The molecule has 0 saturated carbocycles. The fourth-order valence-corrected chi connectivity index (χ4v) is 4.21. The SMILES string of the molecule is COc1cccc(-c2nc(C)c(C(=O)CN=Cc3cc(C)c(O)c(C)c3)s2)c1OC. The highest BCUT2D eigenvalue weighted by Gasteiger charge is 2.19. The number of nitrogens with zero attached hydrogens (tertiary/aromatic N) is 2. The number of aryl methyl sites for hydroxylation is 3. The lowest BCUT2D eigenvalue weighted by Gasteiger charge is -2.10. The monoisotopic (exact) mass is 424 g/mol. The zero-order valence-electron chi connectivity index (χ0n) is 17.6. The van der Waals surface area contributed by atoms with Crippen molar-refractivity contribution in [2.24, 2.45) is 4.99 Å². The summed E-state index contributed by atoms with van der Waals surface area (Å²) in [6.07, 6.45) is 1.65. The van der Waals surface area contributed by atoms with Gasteiger partial charge in [0.1, 0.15) is 17.3 Å². The molecule has 0 unspecified atom stereocenters. The second kappa shape index (κ2) is 9.09. The minimum absolute atomic E-state index is 0.0245. The Morgan fingerprint density at radius 1 is 1.17 bits per heavy atom. The number of hydrogen-bond donors (Lipinski definition) is 1. The van der Waals surface area contributed by atoms with Gasteiger partial charge < -0.3 is 14.6 Å². The van der Waals surface area contributed by atoms with E-state index in [0.29, 0.717) is 27.1 Å². The molecule has 0 aliphatic rings. The Bertz CT molecular complexity index is 1100. The number of methoxy groups -OCH3 is 2. The smallest absolute Gasteiger partial charge is 0.196 e. The first-order valence-electron chi connectivity index (χ1n) is 9.37. The van der Waals surface area contributed by atoms with E-state index in [4.69, 9.17) is 9.47 Å². The number of para-hydroxylation sites is 1. The van der Waals surface area contributed by atoms with Gasteiger partial charge in [-0.25, -0.2) is 4.98 Å². The molecule has 0 amide bonds. The number of carbonyl (C=O) groups excluding carboxylic acids is 1. The molecular weight excluding hydrogens is 400 g/mol. The summed E-state index contributed by atoms with van der Waals surface area (Å²) < 4.78 is 10.8. The number of aromatic nitrogens is 1. The first-order valence-corrected chi connectivity index (χ1v) is 10.2. The predicted molar refractivity (Wildman–Crippen MR) is 120 cm³/mol. The normalized spacial score (nSPS) is 11.1. The minimum atomic E-state index is -0.0958. The van der Waals surface area contributed by atoms with Crippen LogP contribution in [0.5, 0.6) is 17.2 Å². The van der Waals surface area contributed by atoms with Crippen LogP contribution in [-0.4, -0.2) is 42.9 Å². The highest BCUT2D eigenvalue weighted by Crippen LogP contribution is 2.40. The molecule has 3 rings (SSSR count). The first-order chi connectivity index (χ1) is 14.3. The Hall–Kier alpha value is -3.19. The van der Waals surface area contributed by atoms with Crippen LogP contribution in [0.1, 0.15) is 32.1 Å². The highest BCUT2D eigenvalue weighted by molar-refractivity contribution is 7.17. The highest BCUT2D eigenvalue weighted by atomic mass is 32.1. The lowest BCUT2D eigenvalue weighted by Crippen LogP contribution is -2.03. The van der Waals surface area contributed by atoms with Crippen LogP contribution in [-0.2, 0) is 0 Å². The molecule has 1 N–H and O–H groups in total. The maximum absolute atomic E-state index is 12.7. The molecule has 0 saturated heterocycles. The van der Waals surface area contributed by atoms with Crippen molar-refractivity contribution < 1.29 is 19.4 Å². The molecule has 0 bridgehead atoms. The zero-order valence-corrected chi connectivity index (χ0v) is 18.5. The maximum Gasteiger partial charge on any atom is 0.196 e. The van der Waals surface area contributed by atoms with E-state index in [1.165, 1.54) is 11.3 Å². The second-order valence-corrected chi connectivity index (χ2v) is 7.87. The fourth-order valence-electron chi connectivity index (χ4n) is 3.20. The van der Waals surface area contributed by atoms with Crippen LogP contribution in [0.3, 0.4) is 0 Å². The van der Waals surface area contributed by atoms with Gasteiger partial charge in [-0.05, 0) is 61.7 Å². The molecule has 0 atom stereocenters. The number of phenolic OH excluding ortho intramolecular Hbond substituents is 1. The van der Waals surface area contributed by atoms with Gasteiger partial charge in [0.15, 0.2) is 17.3 Å². The molecule has 1 heterocycles. The lowest BCUT2D eigenvalue weighted by molar-refractivity contribution is 0.100. The molecule has 156 valence electrons. The summed E-state index contributed by atoms with van der Waals surface area (Å²) in [5, 5.41) is 10.6. The molecule has 2 aromatic carbocycles. The number of benzene rings is 2. The van der Waals surface area contributed by atoms with Gasteiger partial charge in [0, 0.05) is 6.21 Å². The fraction of sp³-hybridized carbons (Fsp3) is 0.261. The van der Waals surface area contributed by atoms with Crippen LogP contribution in [0.15, 0.2) is 35.3 Å². The zero-order chi connectivity index (χ0) is 21.8. The van der Waals surface area contributed by atoms with Gasteiger partial charge in [-0.3, -0.25) is 9.79 Å². The van der Waals surface area contributed by atoms with Gasteiger partial charge >= 0.3 is 0 Å². The van der Waals surface area contributed by atoms with Gasteiger partial charge in [0.05, 0.1) is 30.4 Å². The summed E-state index contributed by atoms with van der Waals surface area (Å²) >= 11 is 1.32. The Morgan fingerprint density at radius 3 is 2.50 bits per heavy atom. The number of thiazole rings is 1. The predicted octanol–water partition coefficient (Wildman–Crippen LogP) is 4.76. The topological polar surface area (TPSA) is 81.0 Å². The van der Waals surface area contributed by atoms with Crippen molar-refractivity contribution in [1.82, 2.24) is 4.98 Å². The lowest BCUT2D eigenvalue weighted by atomic mass is 10.1. The summed E-state index contributed by atoms with van der Waals surface area (Å²) in [7, 11) is 3.16. The van der Waals surface area contributed by atoms with Crippen molar-refractivity contribution in [1.29, 1.82) is 0 Å². The van der Waals surface area contributed by atoms with Crippen molar-refractivity contribution >= 4 is 23.3 Å². The van der Waals surface area contributed by atoms with E-state index in [1.807, 2.05) is 51.1 Å². The van der Waals surface area contributed by atoms with Crippen molar-refractivity contribution in [3.8, 4) is 27.8 Å². The van der Waals surface area contributed by atoms with Crippen molar-refractivity contribution in [3.63, 3.8) is 0 Å². The molecule has 0 spiro atoms. The molecule has 0 radical (unpaired) electrons. The van der Waals surface area contributed by atoms with Crippen LogP contribution in [0.4, 0.5) is 0 Å². The summed E-state index contributed by atoms with van der Waals surface area (Å²) in [5.41, 5.74) is 3.84. The van der Waals surface area contributed by atoms with Crippen molar-refractivity contribution in [3.05, 3.63) is 57.6 Å². The van der Waals surface area contributed by atoms with Crippen molar-refractivity contribution in [2.75, 3.05) is 20.8 Å². The van der Waals surface area contributed by atoms with E-state index < -0.39 is 0 Å². The van der Waals surface area contributed by atoms with E-state index in [0.717, 1.165) is 22.3 Å². The number of ether oxygens (including phenoxy) is 2. The number of phenols is 1. The largest absolute Gasteiger partial charge is 0.507 e. The number of carbonyl (C=O) groups is 1. The molecule has 3 aromatic rings. The van der Waals surface area contributed by atoms with E-state index in [9.17, 15) is 9.90 Å². The number of aliphatic imine (C=N–C) groups is 1. The maximum atomic E-state index is 12.7. The number of rotatable bonds is 7. The Kier molecular flexibility index (Phi) is 6.52. The second-order valence-electron chi connectivity index (χ2n) is 6.87. The van der Waals surface area contributed by atoms with Crippen LogP contribution in [0.25, 0.3) is 10.6 Å². The molecule has 30 heavy (non-hydrogen) atoms. The Morgan fingerprint density at radius 2 is 1.87 bits per heavy atom. The number of Topliss-reactive ketones (excluding diaryl/α,β-unsaturated/α-hetero) is 1. The average Bonchev–Trinajstić information content (AvgIpc) is 3.12. The summed E-state index contributed by atoms with van der Waals surface area (Å²) in [4.78, 5) is 22.2. The Labute approximate surface area is 179 Å². The summed E-state index contributed by atoms with van der Waals surface area (Å²) in [5.74, 6) is 1.38. The first kappa shape index (κ1) is 21.5. The van der Waals surface area contributed by atoms with Gasteiger partial charge in [-0.2, -0.15) is 0 Å². The van der Waals surface area contributed by atoms with Crippen LogP contribution in [0.2, 0.25) is 0 Å². The molecule has 7 heteroatoms. The van der Waals surface area contributed by atoms with Gasteiger partial charge in [0.25, 0.3) is 0 Å². The molecule has 1 aromatic heterocycles. The molecule has 0 aliphatic carbocycles. The van der Waals surface area contributed by atoms with Crippen LogP contribution in [0, 0.1) is 20.8 Å². The van der Waals surface area contributed by atoms with E-state index in [1.54, 1.807) is 20.4 Å². The van der Waals surface area contributed by atoms with Gasteiger partial charge in [-0.1, -0.05) is 6.07 Å². The average molecular weight is 425 g/mol. The Balaban J connectivity index is 1.81. The van der Waals surface area contributed by atoms with E-state index in [-0.39, 0.29) is 18.1 Å². The standard InChI is InChI=1S/C23H24N2O4S/c1-13-9-16(10-14(2)20(13)27)11-24-12-18(26)22-15(3)25-23(30-22)17-7-6-8-19(28-4)21(17)29-5/h6-11,27H,12H2,1-5H3. The number of hydrogen-bond acceptors (Lipinski definition) is 7. The third-order valence-electron chi connectivity index (χ3n) is 4.67. The van der Waals surface area contributed by atoms with Crippen molar-refractivity contribution in [2.45, 2.75) is 20.8 Å². The third kappa shape index (κ3) is 4.36. The number of ketones is 1. The third-order valence-corrected chi connectivity index (χ3v) is 5.90. The van der Waals surface area contributed by atoms with Gasteiger partial charge in [-0.15, -0.1) is 11.3 Å². The summed E-state index contributed by atoms with van der Waals surface area (Å²) in [6, 6.07) is 9.24.